The van der Waals surface area contributed by atoms with E-state index >= 15 is 0 Å². The van der Waals surface area contributed by atoms with Crippen molar-refractivity contribution >= 4 is 11.7 Å². The fraction of sp³-hybridized carbons (Fsp3) is 0.286. The number of nitrogens with two attached hydrogens (primary N) is 1. The fourth-order valence-corrected chi connectivity index (χ4v) is 0.645. The van der Waals surface area contributed by atoms with E-state index in [0.29, 0.717) is 6.61 Å². The van der Waals surface area contributed by atoms with Crippen LogP contribution in [-0.2, 0) is 4.84 Å². The van der Waals surface area contributed by atoms with Crippen molar-refractivity contribution in [2.24, 2.45) is 0 Å². The maximum absolute atomic E-state index is 11.1. The van der Waals surface area contributed by atoms with Gasteiger partial charge in [0.05, 0.1) is 19.0 Å². The summed E-state index contributed by atoms with van der Waals surface area (Å²) >= 11 is 0. The van der Waals surface area contributed by atoms with Gasteiger partial charge in [-0.3, -0.25) is 9.63 Å². The molecule has 6 heteroatoms. The van der Waals surface area contributed by atoms with Gasteiger partial charge in [-0.15, -0.1) is 0 Å². The molecule has 0 saturated carbocycles. The van der Waals surface area contributed by atoms with Gasteiger partial charge in [-0.25, -0.2) is 15.4 Å². The molecule has 1 aromatic rings. The molecule has 1 rings (SSSR count). The van der Waals surface area contributed by atoms with E-state index in [2.05, 4.69) is 20.3 Å². The molecule has 0 spiro atoms. The third-order valence-corrected chi connectivity index (χ3v) is 1.21. The molecule has 0 aliphatic heterocycles. The maximum Gasteiger partial charge on any atom is 0.295 e. The number of carbonyl (C=O) groups excluding carboxylic acids is 1. The quantitative estimate of drug-likeness (QED) is 0.628. The number of aromatic nitrogens is 2. The van der Waals surface area contributed by atoms with Crippen LogP contribution in [0, 0.1) is 0 Å². The van der Waals surface area contributed by atoms with Crippen molar-refractivity contribution in [3.05, 3.63) is 18.1 Å². The Morgan fingerprint density at radius 1 is 1.62 bits per heavy atom. The zero-order chi connectivity index (χ0) is 9.68. The number of hydroxylamine groups is 1. The minimum atomic E-state index is -0.436. The van der Waals surface area contributed by atoms with Gasteiger partial charge in [0.15, 0.2) is 0 Å². The second-order valence-electron chi connectivity index (χ2n) is 2.19. The second-order valence-corrected chi connectivity index (χ2v) is 2.19. The number of carbonyl (C=O) groups is 1. The monoisotopic (exact) mass is 182 g/mol. The Morgan fingerprint density at radius 3 is 2.92 bits per heavy atom. The highest BCUT2D eigenvalue weighted by atomic mass is 16.6. The largest absolute Gasteiger partial charge is 0.382 e. The van der Waals surface area contributed by atoms with E-state index in [1.165, 1.54) is 12.4 Å². The lowest BCUT2D eigenvalue weighted by Crippen LogP contribution is -2.24. The first-order valence-corrected chi connectivity index (χ1v) is 3.73. The highest BCUT2D eigenvalue weighted by Gasteiger charge is 2.06. The standard InChI is InChI=1S/C7H10N4O2/c1-2-13-11-7(12)5-3-10-6(8)4-9-5/h3-4H,2H2,1H3,(H2,8,10)(H,11,12). The number of nitrogens with one attached hydrogen (secondary N) is 1. The van der Waals surface area contributed by atoms with E-state index in [1.54, 1.807) is 6.92 Å². The van der Waals surface area contributed by atoms with Crippen LogP contribution in [0.5, 0.6) is 0 Å². The van der Waals surface area contributed by atoms with Gasteiger partial charge in [0.25, 0.3) is 5.91 Å². The number of hydrogen-bond donors (Lipinski definition) is 2. The molecule has 0 fully saturated rings. The highest BCUT2D eigenvalue weighted by Crippen LogP contribution is 1.95. The number of anilines is 1. The van der Waals surface area contributed by atoms with E-state index in [4.69, 9.17) is 5.73 Å². The van der Waals surface area contributed by atoms with Crippen molar-refractivity contribution in [3.63, 3.8) is 0 Å². The van der Waals surface area contributed by atoms with Gasteiger partial charge in [-0.1, -0.05) is 0 Å². The van der Waals surface area contributed by atoms with E-state index < -0.39 is 5.91 Å². The van der Waals surface area contributed by atoms with Gasteiger partial charge in [0.1, 0.15) is 11.5 Å². The molecule has 1 amide bonds. The molecule has 0 unspecified atom stereocenters. The zero-order valence-electron chi connectivity index (χ0n) is 7.15. The average Bonchev–Trinajstić information content (AvgIpc) is 2.15. The molecular formula is C7H10N4O2. The van der Waals surface area contributed by atoms with Gasteiger partial charge in [-0.05, 0) is 6.92 Å². The van der Waals surface area contributed by atoms with Gasteiger partial charge >= 0.3 is 0 Å². The lowest BCUT2D eigenvalue weighted by atomic mass is 10.4. The first kappa shape index (κ1) is 9.40. The molecule has 0 aliphatic carbocycles. The van der Waals surface area contributed by atoms with E-state index in [-0.39, 0.29) is 11.5 Å². The SMILES string of the molecule is CCONC(=O)c1cnc(N)cn1. The first-order valence-electron chi connectivity index (χ1n) is 3.73. The minimum Gasteiger partial charge on any atom is -0.382 e. The Balaban J connectivity index is 2.61. The van der Waals surface area contributed by atoms with Gasteiger partial charge in [0, 0.05) is 0 Å². The molecule has 0 aliphatic rings. The van der Waals surface area contributed by atoms with Crippen molar-refractivity contribution in [1.82, 2.24) is 15.4 Å². The Bertz CT molecular complexity index is 285. The Morgan fingerprint density at radius 2 is 2.38 bits per heavy atom. The molecule has 3 N–H and O–H groups in total. The molecule has 1 heterocycles. The third-order valence-electron chi connectivity index (χ3n) is 1.21. The smallest absolute Gasteiger partial charge is 0.295 e. The highest BCUT2D eigenvalue weighted by molar-refractivity contribution is 5.91. The van der Waals surface area contributed by atoms with Crippen LogP contribution in [-0.4, -0.2) is 22.5 Å². The van der Waals surface area contributed by atoms with E-state index in [1.807, 2.05) is 0 Å². The first-order chi connectivity index (χ1) is 6.24. The number of nitrogen functional groups attached to an aromatic ring is 1. The lowest BCUT2D eigenvalue weighted by Gasteiger charge is -2.01. The Kier molecular flexibility index (Phi) is 3.15. The molecule has 0 aromatic carbocycles. The number of amides is 1. The summed E-state index contributed by atoms with van der Waals surface area (Å²) in [5.41, 5.74) is 7.65. The normalized spacial score (nSPS) is 9.62. The van der Waals surface area contributed by atoms with E-state index in [0.717, 1.165) is 0 Å². The molecule has 6 nitrogen and oxygen atoms in total. The Hall–Kier alpha value is -1.69. The van der Waals surface area contributed by atoms with Crippen LogP contribution in [0.25, 0.3) is 0 Å². The Labute approximate surface area is 75.1 Å². The van der Waals surface area contributed by atoms with Gasteiger partial charge in [-0.2, -0.15) is 0 Å². The number of nitrogens with zero attached hydrogens (tertiary/aromatic N) is 2. The summed E-state index contributed by atoms with van der Waals surface area (Å²) in [6.45, 7) is 2.16. The van der Waals surface area contributed by atoms with Crippen LogP contribution >= 0.6 is 0 Å². The van der Waals surface area contributed by atoms with Crippen molar-refractivity contribution in [1.29, 1.82) is 0 Å². The number of rotatable bonds is 3. The van der Waals surface area contributed by atoms with E-state index in [9.17, 15) is 4.79 Å². The summed E-state index contributed by atoms with van der Waals surface area (Å²) in [5.74, 6) is -0.165. The summed E-state index contributed by atoms with van der Waals surface area (Å²) in [5, 5.41) is 0. The van der Waals surface area contributed by atoms with Crippen LogP contribution in [0.15, 0.2) is 12.4 Å². The summed E-state index contributed by atoms with van der Waals surface area (Å²) in [4.78, 5) is 23.3. The summed E-state index contributed by atoms with van der Waals surface area (Å²) in [7, 11) is 0. The minimum absolute atomic E-state index is 0.169. The predicted molar refractivity (Wildman–Crippen MR) is 45.5 cm³/mol. The summed E-state index contributed by atoms with van der Waals surface area (Å²) in [6.07, 6.45) is 2.59. The molecule has 1 aromatic heterocycles. The molecular weight excluding hydrogens is 172 g/mol. The number of hydrogen-bond acceptors (Lipinski definition) is 5. The molecule has 13 heavy (non-hydrogen) atoms. The van der Waals surface area contributed by atoms with Crippen LogP contribution < -0.4 is 11.2 Å². The fourth-order valence-electron chi connectivity index (χ4n) is 0.645. The topological polar surface area (TPSA) is 90.1 Å². The molecule has 0 atom stereocenters. The maximum atomic E-state index is 11.1. The second kappa shape index (κ2) is 4.36. The lowest BCUT2D eigenvalue weighted by molar-refractivity contribution is 0.0359. The van der Waals surface area contributed by atoms with Crippen molar-refractivity contribution in [2.45, 2.75) is 6.92 Å². The van der Waals surface area contributed by atoms with Crippen LogP contribution in [0.1, 0.15) is 17.4 Å². The van der Waals surface area contributed by atoms with Crippen molar-refractivity contribution in [2.75, 3.05) is 12.3 Å². The molecule has 70 valence electrons. The molecule has 0 bridgehead atoms. The van der Waals surface area contributed by atoms with Gasteiger partial charge < -0.3 is 5.73 Å². The van der Waals surface area contributed by atoms with Crippen LogP contribution in [0.3, 0.4) is 0 Å². The van der Waals surface area contributed by atoms with Crippen molar-refractivity contribution < 1.29 is 9.63 Å². The van der Waals surface area contributed by atoms with Crippen molar-refractivity contribution in [3.8, 4) is 0 Å². The average molecular weight is 182 g/mol. The zero-order valence-corrected chi connectivity index (χ0v) is 7.15. The molecule has 0 saturated heterocycles. The predicted octanol–water partition coefficient (Wildman–Crippen LogP) is -0.260. The van der Waals surface area contributed by atoms with Crippen LogP contribution in [0.2, 0.25) is 0 Å². The summed E-state index contributed by atoms with van der Waals surface area (Å²) in [6, 6.07) is 0. The third kappa shape index (κ3) is 2.68. The molecule has 0 radical (unpaired) electrons. The van der Waals surface area contributed by atoms with Gasteiger partial charge in [0.2, 0.25) is 0 Å². The summed E-state index contributed by atoms with van der Waals surface area (Å²) < 4.78 is 0. The van der Waals surface area contributed by atoms with Crippen LogP contribution in [0.4, 0.5) is 5.82 Å².